The van der Waals surface area contributed by atoms with Crippen LogP contribution in [-0.2, 0) is 19.1 Å². The molecular formula is C21H31NO5S. The van der Waals surface area contributed by atoms with Gasteiger partial charge in [0, 0.05) is 11.3 Å². The smallest absolute Gasteiger partial charge is 0.329 e. The van der Waals surface area contributed by atoms with E-state index in [4.69, 9.17) is 9.47 Å². The number of nitrogens with one attached hydrogen (secondary N) is 1. The van der Waals surface area contributed by atoms with Crippen molar-refractivity contribution in [3.05, 3.63) is 29.8 Å². The second-order valence-corrected chi connectivity index (χ2v) is 9.60. The maximum atomic E-state index is 12.5. The van der Waals surface area contributed by atoms with Gasteiger partial charge < -0.3 is 14.8 Å². The van der Waals surface area contributed by atoms with Crippen molar-refractivity contribution in [1.82, 2.24) is 5.32 Å². The van der Waals surface area contributed by atoms with Gasteiger partial charge in [0.15, 0.2) is 0 Å². The minimum Gasteiger partial charge on any atom is -0.460 e. The summed E-state index contributed by atoms with van der Waals surface area (Å²) in [6, 6.07) is 6.55. The van der Waals surface area contributed by atoms with Gasteiger partial charge in [-0.15, -0.1) is 0 Å². The summed E-state index contributed by atoms with van der Waals surface area (Å²) in [6.45, 7) is 12.5. The molecule has 156 valence electrons. The average Bonchev–Trinajstić information content (AvgIpc) is 2.50. The third-order valence-corrected chi connectivity index (χ3v) is 4.08. The summed E-state index contributed by atoms with van der Waals surface area (Å²) in [5, 5.41) is 2.28. The highest BCUT2D eigenvalue weighted by molar-refractivity contribution is 8.13. The molecule has 28 heavy (non-hydrogen) atoms. The van der Waals surface area contributed by atoms with Gasteiger partial charge in [0.25, 0.3) is 5.24 Å². The van der Waals surface area contributed by atoms with Gasteiger partial charge in [-0.05, 0) is 78.8 Å². The summed E-state index contributed by atoms with van der Waals surface area (Å²) in [7, 11) is 0. The molecule has 0 aliphatic heterocycles. The van der Waals surface area contributed by atoms with E-state index in [9.17, 15) is 14.4 Å². The summed E-state index contributed by atoms with van der Waals surface area (Å²) in [6.07, 6.45) is 0.0979. The molecule has 0 spiro atoms. The first kappa shape index (κ1) is 24.0. The van der Waals surface area contributed by atoms with Gasteiger partial charge >= 0.3 is 11.9 Å². The monoisotopic (exact) mass is 409 g/mol. The molecule has 1 N–H and O–H groups in total. The first-order chi connectivity index (χ1) is 12.7. The van der Waals surface area contributed by atoms with Gasteiger partial charge in [-0.2, -0.15) is 0 Å². The van der Waals surface area contributed by atoms with Crippen LogP contribution in [0.25, 0.3) is 0 Å². The van der Waals surface area contributed by atoms with Crippen LogP contribution < -0.4 is 5.32 Å². The molecule has 0 unspecified atom stereocenters. The van der Waals surface area contributed by atoms with E-state index in [0.717, 1.165) is 22.2 Å². The largest absolute Gasteiger partial charge is 0.460 e. The summed E-state index contributed by atoms with van der Waals surface area (Å²) in [5.74, 6) is -1.00. The van der Waals surface area contributed by atoms with Gasteiger partial charge in [-0.3, -0.25) is 9.59 Å². The van der Waals surface area contributed by atoms with Crippen molar-refractivity contribution in [1.29, 1.82) is 0 Å². The van der Waals surface area contributed by atoms with Crippen molar-refractivity contribution in [2.24, 2.45) is 0 Å². The summed E-state index contributed by atoms with van der Waals surface area (Å²) < 4.78 is 10.7. The normalized spacial score (nSPS) is 12.8. The molecule has 0 heterocycles. The number of esters is 2. The lowest BCUT2D eigenvalue weighted by molar-refractivity contribution is -0.158. The van der Waals surface area contributed by atoms with Crippen LogP contribution in [0.4, 0.5) is 4.79 Å². The number of aryl methyl sites for hydroxylation is 1. The molecule has 6 nitrogen and oxygen atoms in total. The molecule has 0 radical (unpaired) electrons. The fourth-order valence-electron chi connectivity index (χ4n) is 2.16. The van der Waals surface area contributed by atoms with Gasteiger partial charge in [0.1, 0.15) is 17.2 Å². The van der Waals surface area contributed by atoms with Gasteiger partial charge in [-0.1, -0.05) is 17.7 Å². The predicted molar refractivity (Wildman–Crippen MR) is 110 cm³/mol. The molecule has 0 fully saturated rings. The second-order valence-electron chi connectivity index (χ2n) is 8.56. The summed E-state index contributed by atoms with van der Waals surface area (Å²) >= 11 is 0.986. The SMILES string of the molecule is Cc1ccc(SC(=O)N[C@@H](CCC(=O)OC(C)(C)C)C(=O)OC(C)(C)C)cc1. The van der Waals surface area contributed by atoms with Gasteiger partial charge in [0.05, 0.1) is 0 Å². The Morgan fingerprint density at radius 2 is 1.50 bits per heavy atom. The van der Waals surface area contributed by atoms with Crippen molar-refractivity contribution in [2.75, 3.05) is 0 Å². The fraction of sp³-hybridized carbons (Fsp3) is 0.571. The van der Waals surface area contributed by atoms with Crippen LogP contribution in [0.1, 0.15) is 59.9 Å². The lowest BCUT2D eigenvalue weighted by Gasteiger charge is -2.25. The molecule has 0 aliphatic rings. The number of hydrogen-bond donors (Lipinski definition) is 1. The fourth-order valence-corrected chi connectivity index (χ4v) is 2.85. The molecule has 0 saturated carbocycles. The van der Waals surface area contributed by atoms with Gasteiger partial charge in [0.2, 0.25) is 0 Å². The third kappa shape index (κ3) is 10.3. The quantitative estimate of drug-likeness (QED) is 0.545. The number of rotatable bonds is 6. The van der Waals surface area contributed by atoms with Crippen LogP contribution >= 0.6 is 11.8 Å². The highest BCUT2D eigenvalue weighted by Crippen LogP contribution is 2.20. The Labute approximate surface area is 171 Å². The zero-order valence-electron chi connectivity index (χ0n) is 17.8. The van der Waals surface area contributed by atoms with Crippen LogP contribution in [0.5, 0.6) is 0 Å². The molecule has 0 aliphatic carbocycles. The Bertz CT molecular complexity index is 686. The number of thioether (sulfide) groups is 1. The van der Waals surface area contributed by atoms with Crippen molar-refractivity contribution in [3.8, 4) is 0 Å². The van der Waals surface area contributed by atoms with Crippen LogP contribution in [-0.4, -0.2) is 34.4 Å². The Kier molecular flexibility index (Phi) is 8.54. The highest BCUT2D eigenvalue weighted by Gasteiger charge is 2.28. The molecule has 0 aromatic heterocycles. The minimum absolute atomic E-state index is 0.00332. The maximum absolute atomic E-state index is 12.5. The van der Waals surface area contributed by atoms with Crippen molar-refractivity contribution in [3.63, 3.8) is 0 Å². The Morgan fingerprint density at radius 1 is 0.964 bits per heavy atom. The summed E-state index contributed by atoms with van der Waals surface area (Å²) in [4.78, 5) is 37.6. The average molecular weight is 410 g/mol. The maximum Gasteiger partial charge on any atom is 0.329 e. The third-order valence-electron chi connectivity index (χ3n) is 3.27. The lowest BCUT2D eigenvalue weighted by atomic mass is 10.1. The first-order valence-corrected chi connectivity index (χ1v) is 10.1. The molecule has 1 amide bonds. The summed E-state index contributed by atoms with van der Waals surface area (Å²) in [5.41, 5.74) is -0.215. The number of benzene rings is 1. The molecule has 7 heteroatoms. The minimum atomic E-state index is -0.933. The van der Waals surface area contributed by atoms with E-state index in [1.54, 1.807) is 41.5 Å². The van der Waals surface area contributed by atoms with Crippen molar-refractivity contribution in [2.45, 2.75) is 83.4 Å². The molecule has 0 saturated heterocycles. The lowest BCUT2D eigenvalue weighted by Crippen LogP contribution is -2.43. The molecular weight excluding hydrogens is 378 g/mol. The number of carbonyl (C=O) groups is 3. The zero-order valence-corrected chi connectivity index (χ0v) is 18.6. The van der Waals surface area contributed by atoms with Crippen LogP contribution in [0.2, 0.25) is 0 Å². The van der Waals surface area contributed by atoms with E-state index in [0.29, 0.717) is 0 Å². The van der Waals surface area contributed by atoms with Crippen LogP contribution in [0.3, 0.4) is 0 Å². The number of amides is 1. The van der Waals surface area contributed by atoms with Crippen LogP contribution in [0, 0.1) is 6.92 Å². The Balaban J connectivity index is 2.76. The predicted octanol–water partition coefficient (Wildman–Crippen LogP) is 4.63. The topological polar surface area (TPSA) is 81.7 Å². The van der Waals surface area contributed by atoms with E-state index in [1.165, 1.54) is 0 Å². The van der Waals surface area contributed by atoms with Crippen molar-refractivity contribution >= 4 is 28.9 Å². The highest BCUT2D eigenvalue weighted by atomic mass is 32.2. The molecule has 1 rings (SSSR count). The second kappa shape index (κ2) is 9.96. The molecule has 1 aromatic carbocycles. The number of ether oxygens (including phenoxy) is 2. The van der Waals surface area contributed by atoms with E-state index in [-0.39, 0.29) is 18.1 Å². The van der Waals surface area contributed by atoms with E-state index in [2.05, 4.69) is 5.32 Å². The Hall–Kier alpha value is -2.02. The van der Waals surface area contributed by atoms with E-state index < -0.39 is 29.2 Å². The van der Waals surface area contributed by atoms with E-state index >= 15 is 0 Å². The van der Waals surface area contributed by atoms with Crippen LogP contribution in [0.15, 0.2) is 29.2 Å². The molecule has 0 bridgehead atoms. The molecule has 1 aromatic rings. The molecule has 1 atom stereocenters. The van der Waals surface area contributed by atoms with Crippen molar-refractivity contribution < 1.29 is 23.9 Å². The number of hydrogen-bond acceptors (Lipinski definition) is 6. The standard InChI is InChI=1S/C21H31NO5S/c1-14-8-10-15(11-9-14)28-19(25)22-16(18(24)27-21(5,6)7)12-13-17(23)26-20(2,3)4/h8-11,16H,12-13H2,1-7H3,(H,22,25)/t16-/m0/s1. The Morgan fingerprint density at radius 3 is 2.00 bits per heavy atom. The van der Waals surface area contributed by atoms with E-state index in [1.807, 2.05) is 31.2 Å². The zero-order chi connectivity index (χ0) is 21.5. The number of carbonyl (C=O) groups excluding carboxylic acids is 3. The van der Waals surface area contributed by atoms with Gasteiger partial charge in [-0.25, -0.2) is 4.79 Å². The first-order valence-electron chi connectivity index (χ1n) is 9.25.